The van der Waals surface area contributed by atoms with Gasteiger partial charge >= 0.3 is 12.0 Å². The van der Waals surface area contributed by atoms with Crippen LogP contribution in [0.3, 0.4) is 0 Å². The van der Waals surface area contributed by atoms with Crippen molar-refractivity contribution in [1.82, 2.24) is 15.8 Å². The molecule has 1 atom stereocenters. The van der Waals surface area contributed by atoms with Crippen LogP contribution < -0.4 is 10.6 Å². The fourth-order valence-electron chi connectivity index (χ4n) is 1.78. The quantitative estimate of drug-likeness (QED) is 0.735. The number of urea groups is 1. The lowest BCUT2D eigenvalue weighted by atomic mass is 10.0. The molecule has 0 aliphatic heterocycles. The first kappa shape index (κ1) is 16.0. The Morgan fingerprint density at radius 1 is 1.35 bits per heavy atom. The second-order valence-electron chi connectivity index (χ2n) is 5.08. The number of nitrogens with zero attached hydrogens (tertiary/aromatic N) is 1. The molecule has 1 rings (SSSR count). The largest absolute Gasteiger partial charge is 0.481 e. The van der Waals surface area contributed by atoms with E-state index in [9.17, 15) is 9.59 Å². The standard InChI is InChI=1S/C13H21N3O4/c1-7(2)11(5-12(17)18)15-13(19)14-6-10-8(3)16-20-9(10)4/h7,11H,5-6H2,1-4H3,(H,17,18)(H2,14,15,19). The molecule has 0 spiro atoms. The zero-order valence-corrected chi connectivity index (χ0v) is 12.2. The number of aryl methyl sites for hydroxylation is 2. The molecule has 20 heavy (non-hydrogen) atoms. The van der Waals surface area contributed by atoms with E-state index in [1.165, 1.54) is 0 Å². The first-order chi connectivity index (χ1) is 9.31. The maximum atomic E-state index is 11.8. The van der Waals surface area contributed by atoms with E-state index in [-0.39, 0.29) is 12.3 Å². The Morgan fingerprint density at radius 2 is 2.00 bits per heavy atom. The highest BCUT2D eigenvalue weighted by molar-refractivity contribution is 5.75. The molecular weight excluding hydrogens is 262 g/mol. The summed E-state index contributed by atoms with van der Waals surface area (Å²) in [6.07, 6.45) is -0.101. The highest BCUT2D eigenvalue weighted by atomic mass is 16.5. The third kappa shape index (κ3) is 4.56. The molecule has 3 N–H and O–H groups in total. The number of amides is 2. The minimum atomic E-state index is -0.935. The second kappa shape index (κ2) is 6.93. The minimum absolute atomic E-state index is 0.0379. The number of carbonyl (C=O) groups excluding carboxylic acids is 1. The number of carboxylic acids is 1. The molecule has 7 nitrogen and oxygen atoms in total. The third-order valence-corrected chi connectivity index (χ3v) is 3.12. The highest BCUT2D eigenvalue weighted by Crippen LogP contribution is 2.11. The predicted molar refractivity (Wildman–Crippen MR) is 72.2 cm³/mol. The summed E-state index contributed by atoms with van der Waals surface area (Å²) < 4.78 is 5.00. The van der Waals surface area contributed by atoms with E-state index in [2.05, 4.69) is 15.8 Å². The van der Waals surface area contributed by atoms with Crippen molar-refractivity contribution in [2.75, 3.05) is 0 Å². The van der Waals surface area contributed by atoms with Crippen molar-refractivity contribution in [1.29, 1.82) is 0 Å². The van der Waals surface area contributed by atoms with Crippen LogP contribution in [0.1, 0.15) is 37.3 Å². The fraction of sp³-hybridized carbons (Fsp3) is 0.615. The molecule has 0 bridgehead atoms. The molecule has 0 aliphatic rings. The van der Waals surface area contributed by atoms with Crippen LogP contribution in [-0.2, 0) is 11.3 Å². The summed E-state index contributed by atoms with van der Waals surface area (Å²) in [5.41, 5.74) is 1.56. The van der Waals surface area contributed by atoms with E-state index in [0.717, 1.165) is 11.3 Å². The van der Waals surface area contributed by atoms with Crippen molar-refractivity contribution in [3.63, 3.8) is 0 Å². The van der Waals surface area contributed by atoms with Crippen molar-refractivity contribution in [2.45, 2.75) is 46.7 Å². The molecule has 1 aromatic heterocycles. The number of hydrogen-bond donors (Lipinski definition) is 3. The van der Waals surface area contributed by atoms with E-state index in [0.29, 0.717) is 12.3 Å². The zero-order valence-electron chi connectivity index (χ0n) is 12.2. The van der Waals surface area contributed by atoms with E-state index < -0.39 is 18.0 Å². The monoisotopic (exact) mass is 283 g/mol. The van der Waals surface area contributed by atoms with Crippen molar-refractivity contribution in [3.05, 3.63) is 17.0 Å². The lowest BCUT2D eigenvalue weighted by molar-refractivity contribution is -0.137. The summed E-state index contributed by atoms with van der Waals surface area (Å²) in [5, 5.41) is 18.0. The van der Waals surface area contributed by atoms with Crippen LogP contribution in [0.15, 0.2) is 4.52 Å². The lowest BCUT2D eigenvalue weighted by Gasteiger charge is -2.20. The molecule has 1 unspecified atom stereocenters. The number of rotatable bonds is 6. The number of nitrogens with one attached hydrogen (secondary N) is 2. The molecule has 0 aromatic carbocycles. The van der Waals surface area contributed by atoms with Gasteiger partial charge in [-0.1, -0.05) is 19.0 Å². The van der Waals surface area contributed by atoms with Gasteiger partial charge in [-0.2, -0.15) is 0 Å². The minimum Gasteiger partial charge on any atom is -0.481 e. The number of carboxylic acid groups (broad SMARTS) is 1. The Bertz CT molecular complexity index is 462. The zero-order chi connectivity index (χ0) is 15.3. The molecule has 1 aromatic rings. The van der Waals surface area contributed by atoms with Gasteiger partial charge in [0.2, 0.25) is 0 Å². The highest BCUT2D eigenvalue weighted by Gasteiger charge is 2.19. The topological polar surface area (TPSA) is 104 Å². The van der Waals surface area contributed by atoms with Crippen LogP contribution in [0.4, 0.5) is 4.79 Å². The summed E-state index contributed by atoms with van der Waals surface area (Å²) >= 11 is 0. The first-order valence-corrected chi connectivity index (χ1v) is 6.49. The normalized spacial score (nSPS) is 12.2. The third-order valence-electron chi connectivity index (χ3n) is 3.12. The van der Waals surface area contributed by atoms with Crippen molar-refractivity contribution < 1.29 is 19.2 Å². The average molecular weight is 283 g/mol. The molecule has 0 saturated carbocycles. The summed E-state index contributed by atoms with van der Waals surface area (Å²) in [6, 6.07) is -0.804. The van der Waals surface area contributed by atoms with Gasteiger partial charge < -0.3 is 20.3 Å². The molecule has 2 amide bonds. The van der Waals surface area contributed by atoms with Gasteiger partial charge in [0.1, 0.15) is 5.76 Å². The number of carbonyl (C=O) groups is 2. The van der Waals surface area contributed by atoms with Gasteiger partial charge in [0.05, 0.1) is 12.1 Å². The van der Waals surface area contributed by atoms with Crippen molar-refractivity contribution in [3.8, 4) is 0 Å². The van der Waals surface area contributed by atoms with Crippen LogP contribution in [0.25, 0.3) is 0 Å². The molecule has 112 valence electrons. The molecule has 0 aliphatic carbocycles. The van der Waals surface area contributed by atoms with Crippen LogP contribution in [0, 0.1) is 19.8 Å². The molecule has 0 fully saturated rings. The maximum Gasteiger partial charge on any atom is 0.315 e. The summed E-state index contributed by atoms with van der Waals surface area (Å²) in [7, 11) is 0. The Labute approximate surface area is 117 Å². The van der Waals surface area contributed by atoms with Gasteiger partial charge in [-0.3, -0.25) is 4.79 Å². The van der Waals surface area contributed by atoms with Gasteiger partial charge in [-0.25, -0.2) is 4.79 Å². The van der Waals surface area contributed by atoms with E-state index >= 15 is 0 Å². The predicted octanol–water partition coefficient (Wildman–Crippen LogP) is 1.59. The van der Waals surface area contributed by atoms with Gasteiger partial charge in [0.15, 0.2) is 0 Å². The van der Waals surface area contributed by atoms with Gasteiger partial charge in [-0.15, -0.1) is 0 Å². The van der Waals surface area contributed by atoms with Crippen LogP contribution in [0.5, 0.6) is 0 Å². The lowest BCUT2D eigenvalue weighted by Crippen LogP contribution is -2.45. The first-order valence-electron chi connectivity index (χ1n) is 6.49. The van der Waals surface area contributed by atoms with Gasteiger partial charge in [0, 0.05) is 18.2 Å². The Morgan fingerprint density at radius 3 is 2.45 bits per heavy atom. The molecule has 1 heterocycles. The fourth-order valence-corrected chi connectivity index (χ4v) is 1.78. The maximum absolute atomic E-state index is 11.8. The smallest absolute Gasteiger partial charge is 0.315 e. The van der Waals surface area contributed by atoms with Crippen molar-refractivity contribution >= 4 is 12.0 Å². The molecular formula is C13H21N3O4. The molecule has 7 heteroatoms. The summed E-state index contributed by atoms with van der Waals surface area (Å²) in [6.45, 7) is 7.60. The Balaban J connectivity index is 2.52. The number of aromatic nitrogens is 1. The van der Waals surface area contributed by atoms with Crippen LogP contribution in [0.2, 0.25) is 0 Å². The van der Waals surface area contributed by atoms with Crippen molar-refractivity contribution in [2.24, 2.45) is 5.92 Å². The van der Waals surface area contributed by atoms with Gasteiger partial charge in [-0.05, 0) is 19.8 Å². The Kier molecular flexibility index (Phi) is 5.54. The average Bonchev–Trinajstić information content (AvgIpc) is 2.65. The van der Waals surface area contributed by atoms with E-state index in [4.69, 9.17) is 9.63 Å². The summed E-state index contributed by atoms with van der Waals surface area (Å²) in [4.78, 5) is 22.5. The van der Waals surface area contributed by atoms with E-state index in [1.54, 1.807) is 13.8 Å². The van der Waals surface area contributed by atoms with Gasteiger partial charge in [0.25, 0.3) is 0 Å². The molecule has 0 radical (unpaired) electrons. The van der Waals surface area contributed by atoms with Crippen LogP contribution in [-0.4, -0.2) is 28.3 Å². The summed E-state index contributed by atoms with van der Waals surface area (Å²) in [5.74, 6) is -0.237. The Hall–Kier alpha value is -2.05. The number of hydrogen-bond acceptors (Lipinski definition) is 4. The SMILES string of the molecule is Cc1noc(C)c1CNC(=O)NC(CC(=O)O)C(C)C. The number of aliphatic carboxylic acids is 1. The van der Waals surface area contributed by atoms with Crippen LogP contribution >= 0.6 is 0 Å². The molecule has 0 saturated heterocycles. The second-order valence-corrected chi connectivity index (χ2v) is 5.08. The van der Waals surface area contributed by atoms with E-state index in [1.807, 2.05) is 13.8 Å².